The molecule has 1 amide bonds. The van der Waals surface area contributed by atoms with Crippen LogP contribution in [0.3, 0.4) is 0 Å². The second kappa shape index (κ2) is 6.62. The van der Waals surface area contributed by atoms with Gasteiger partial charge in [0.1, 0.15) is 6.61 Å². The fourth-order valence-electron chi connectivity index (χ4n) is 1.46. The molecule has 4 nitrogen and oxygen atoms in total. The number of amides is 1. The monoisotopic (exact) mass is 242 g/mol. The first-order valence-electron chi connectivity index (χ1n) is 5.09. The van der Waals surface area contributed by atoms with Gasteiger partial charge < -0.3 is 15.0 Å². The second-order valence-corrected chi connectivity index (χ2v) is 4.55. The van der Waals surface area contributed by atoms with Crippen molar-refractivity contribution in [1.82, 2.24) is 10.2 Å². The van der Waals surface area contributed by atoms with Crippen molar-refractivity contribution in [2.24, 2.45) is 0 Å². The van der Waals surface area contributed by atoms with Gasteiger partial charge in [0.15, 0.2) is 0 Å². The van der Waals surface area contributed by atoms with Crippen molar-refractivity contribution in [3.05, 3.63) is 22.4 Å². The number of hydrogen-bond donors (Lipinski definition) is 1. The molecule has 1 N–H and O–H groups in total. The predicted molar refractivity (Wildman–Crippen MR) is 65.6 cm³/mol. The lowest BCUT2D eigenvalue weighted by Crippen LogP contribution is -2.35. The van der Waals surface area contributed by atoms with Crippen LogP contribution < -0.4 is 5.32 Å². The molecule has 1 aromatic heterocycles. The average Bonchev–Trinajstić information content (AvgIpc) is 2.71. The van der Waals surface area contributed by atoms with Crippen LogP contribution in [0, 0.1) is 0 Å². The van der Waals surface area contributed by atoms with Crippen LogP contribution in [0.25, 0.3) is 0 Å². The molecule has 0 aromatic carbocycles. The van der Waals surface area contributed by atoms with E-state index in [1.54, 1.807) is 11.3 Å². The van der Waals surface area contributed by atoms with Crippen molar-refractivity contribution in [3.8, 4) is 0 Å². The molecule has 0 unspecified atom stereocenters. The van der Waals surface area contributed by atoms with Crippen LogP contribution in [0.1, 0.15) is 11.6 Å². The lowest BCUT2D eigenvalue weighted by Gasteiger charge is -2.23. The molecule has 1 heterocycles. The molecule has 0 saturated heterocycles. The number of methoxy groups -OCH3 is 1. The summed E-state index contributed by atoms with van der Waals surface area (Å²) in [6.45, 7) is 0.718. The third-order valence-corrected chi connectivity index (χ3v) is 3.02. The van der Waals surface area contributed by atoms with Gasteiger partial charge in [0.25, 0.3) is 0 Å². The number of rotatable bonds is 6. The molecule has 90 valence electrons. The van der Waals surface area contributed by atoms with E-state index in [1.807, 2.05) is 19.5 Å². The molecule has 0 radical (unpaired) electrons. The Balaban J connectivity index is 2.50. The molecule has 0 spiro atoms. The number of likely N-dealkylation sites (N-methyl/N-ethyl adjacent to an activating group) is 1. The minimum atomic E-state index is -0.0791. The molecule has 0 bridgehead atoms. The van der Waals surface area contributed by atoms with Gasteiger partial charge in [-0.2, -0.15) is 11.3 Å². The largest absolute Gasteiger partial charge is 0.375 e. The van der Waals surface area contributed by atoms with E-state index in [2.05, 4.69) is 21.7 Å². The summed E-state index contributed by atoms with van der Waals surface area (Å²) in [4.78, 5) is 13.4. The summed E-state index contributed by atoms with van der Waals surface area (Å²) in [7, 11) is 5.53. The van der Waals surface area contributed by atoms with Crippen LogP contribution >= 0.6 is 11.3 Å². The average molecular weight is 242 g/mol. The van der Waals surface area contributed by atoms with E-state index >= 15 is 0 Å². The summed E-state index contributed by atoms with van der Waals surface area (Å²) in [5.74, 6) is -0.0791. The Morgan fingerprint density at radius 3 is 2.88 bits per heavy atom. The normalized spacial score (nSPS) is 12.8. The lowest BCUT2D eigenvalue weighted by atomic mass is 10.1. The number of hydrogen-bond acceptors (Lipinski definition) is 4. The quantitative estimate of drug-likeness (QED) is 0.812. The molecule has 1 rings (SSSR count). The first kappa shape index (κ1) is 13.2. The molecular formula is C11H18N2O2S. The van der Waals surface area contributed by atoms with E-state index < -0.39 is 0 Å². The number of carbonyl (C=O) groups excluding carboxylic acids is 1. The minimum Gasteiger partial charge on any atom is -0.375 e. The summed E-state index contributed by atoms with van der Waals surface area (Å²) < 4.78 is 4.76. The zero-order valence-corrected chi connectivity index (χ0v) is 10.7. The first-order chi connectivity index (χ1) is 7.65. The highest BCUT2D eigenvalue weighted by Crippen LogP contribution is 2.19. The van der Waals surface area contributed by atoms with Crippen molar-refractivity contribution in [2.75, 3.05) is 34.4 Å². The molecule has 0 saturated carbocycles. The number of carbonyl (C=O) groups is 1. The maximum absolute atomic E-state index is 11.3. The van der Waals surface area contributed by atoms with E-state index in [0.717, 1.165) is 0 Å². The maximum atomic E-state index is 11.3. The standard InChI is InChI=1S/C11H18N2O2S/c1-13(2)10(9-4-5-16-8-9)6-12-11(14)7-15-3/h4-5,8,10H,6-7H2,1-3H3,(H,12,14)/t10-/m0/s1. The lowest BCUT2D eigenvalue weighted by molar-refractivity contribution is -0.124. The van der Waals surface area contributed by atoms with Crippen LogP contribution in [0.4, 0.5) is 0 Å². The Kier molecular flexibility index (Phi) is 5.45. The molecule has 1 aromatic rings. The predicted octanol–water partition coefficient (Wildman–Crippen LogP) is 1.11. The summed E-state index contributed by atoms with van der Waals surface area (Å²) in [6, 6.07) is 2.30. The van der Waals surface area contributed by atoms with Crippen molar-refractivity contribution >= 4 is 17.2 Å². The third-order valence-electron chi connectivity index (χ3n) is 2.32. The van der Waals surface area contributed by atoms with Gasteiger partial charge in [0, 0.05) is 13.7 Å². The smallest absolute Gasteiger partial charge is 0.246 e. The molecule has 0 fully saturated rings. The summed E-state index contributed by atoms with van der Waals surface area (Å²) in [5, 5.41) is 7.00. The fraction of sp³-hybridized carbons (Fsp3) is 0.545. The Morgan fingerprint density at radius 1 is 1.62 bits per heavy atom. The zero-order chi connectivity index (χ0) is 12.0. The van der Waals surface area contributed by atoms with Crippen molar-refractivity contribution in [2.45, 2.75) is 6.04 Å². The Hall–Kier alpha value is -0.910. The van der Waals surface area contributed by atoms with E-state index in [1.165, 1.54) is 12.7 Å². The zero-order valence-electron chi connectivity index (χ0n) is 9.90. The molecule has 5 heteroatoms. The van der Waals surface area contributed by atoms with Gasteiger partial charge in [-0.15, -0.1) is 0 Å². The molecule has 0 aliphatic carbocycles. The van der Waals surface area contributed by atoms with E-state index in [-0.39, 0.29) is 18.6 Å². The van der Waals surface area contributed by atoms with Gasteiger partial charge >= 0.3 is 0 Å². The second-order valence-electron chi connectivity index (χ2n) is 3.77. The van der Waals surface area contributed by atoms with Gasteiger partial charge in [-0.25, -0.2) is 0 Å². The third kappa shape index (κ3) is 3.92. The van der Waals surface area contributed by atoms with Gasteiger partial charge in [-0.1, -0.05) is 0 Å². The molecule has 16 heavy (non-hydrogen) atoms. The molecule has 0 aliphatic heterocycles. The highest BCUT2D eigenvalue weighted by atomic mass is 32.1. The summed E-state index contributed by atoms with van der Waals surface area (Å²) in [6.07, 6.45) is 0. The molecule has 0 aliphatic rings. The topological polar surface area (TPSA) is 41.6 Å². The first-order valence-corrected chi connectivity index (χ1v) is 6.03. The maximum Gasteiger partial charge on any atom is 0.246 e. The van der Waals surface area contributed by atoms with E-state index in [9.17, 15) is 4.79 Å². The van der Waals surface area contributed by atoms with Gasteiger partial charge in [-0.05, 0) is 36.5 Å². The number of ether oxygens (including phenoxy) is 1. The SMILES string of the molecule is COCC(=O)NC[C@@H](c1ccsc1)N(C)C. The van der Waals surface area contributed by atoms with Crippen LogP contribution in [-0.2, 0) is 9.53 Å². The van der Waals surface area contributed by atoms with Crippen molar-refractivity contribution < 1.29 is 9.53 Å². The van der Waals surface area contributed by atoms with E-state index in [4.69, 9.17) is 4.74 Å². The van der Waals surface area contributed by atoms with Crippen LogP contribution in [-0.4, -0.2) is 45.2 Å². The van der Waals surface area contributed by atoms with Crippen LogP contribution in [0.5, 0.6) is 0 Å². The highest BCUT2D eigenvalue weighted by Gasteiger charge is 2.15. The minimum absolute atomic E-state index is 0.0791. The Morgan fingerprint density at radius 2 is 2.38 bits per heavy atom. The fourth-order valence-corrected chi connectivity index (χ4v) is 2.16. The van der Waals surface area contributed by atoms with Crippen LogP contribution in [0.2, 0.25) is 0 Å². The number of thiophene rings is 1. The molecule has 1 atom stereocenters. The van der Waals surface area contributed by atoms with E-state index in [0.29, 0.717) is 6.54 Å². The van der Waals surface area contributed by atoms with Crippen molar-refractivity contribution in [1.29, 1.82) is 0 Å². The van der Waals surface area contributed by atoms with Crippen LogP contribution in [0.15, 0.2) is 16.8 Å². The van der Waals surface area contributed by atoms with Gasteiger partial charge in [0.05, 0.1) is 6.04 Å². The number of nitrogens with zero attached hydrogens (tertiary/aromatic N) is 1. The number of nitrogens with one attached hydrogen (secondary N) is 1. The van der Waals surface area contributed by atoms with Gasteiger partial charge in [0.2, 0.25) is 5.91 Å². The Labute approximate surface area is 100 Å². The molecular weight excluding hydrogens is 224 g/mol. The Bertz CT molecular complexity index is 312. The highest BCUT2D eigenvalue weighted by molar-refractivity contribution is 7.07. The summed E-state index contributed by atoms with van der Waals surface area (Å²) in [5.41, 5.74) is 1.23. The summed E-state index contributed by atoms with van der Waals surface area (Å²) >= 11 is 1.67. The van der Waals surface area contributed by atoms with Crippen molar-refractivity contribution in [3.63, 3.8) is 0 Å². The van der Waals surface area contributed by atoms with Gasteiger partial charge in [-0.3, -0.25) is 4.79 Å².